The molecule has 0 heterocycles. The molecule has 0 aliphatic carbocycles. The summed E-state index contributed by atoms with van der Waals surface area (Å²) >= 11 is 0. The number of carbonyl (C=O) groups excluding carboxylic acids is 3. The smallest absolute Gasteiger partial charge is 0.308 e. The first kappa shape index (κ1) is 16.2. The van der Waals surface area contributed by atoms with Gasteiger partial charge in [0, 0.05) is 23.7 Å². The van der Waals surface area contributed by atoms with Crippen molar-refractivity contribution in [1.82, 2.24) is 0 Å². The van der Waals surface area contributed by atoms with Gasteiger partial charge in [-0.2, -0.15) is 0 Å². The van der Waals surface area contributed by atoms with Crippen LogP contribution < -0.4 is 15.2 Å². The van der Waals surface area contributed by atoms with Crippen LogP contribution in [0.4, 0.5) is 5.69 Å². The standard InChI is InChI=1S/C17H15NO5/c1-10-14(17(21)22)4-3-5-15(10)18-16(20)12-6-8-13(9-7-12)23-11(2)19/h3-9H,1-2H3,(H,18,20)(H,21,22)/p-1. The molecule has 0 saturated heterocycles. The Labute approximate surface area is 132 Å². The van der Waals surface area contributed by atoms with Crippen molar-refractivity contribution in [2.45, 2.75) is 13.8 Å². The molecule has 0 bridgehead atoms. The number of anilines is 1. The summed E-state index contributed by atoms with van der Waals surface area (Å²) in [5.74, 6) is -1.82. The molecule has 118 valence electrons. The molecule has 6 nitrogen and oxygen atoms in total. The average molecular weight is 312 g/mol. The highest BCUT2D eigenvalue weighted by Gasteiger charge is 2.10. The lowest BCUT2D eigenvalue weighted by molar-refractivity contribution is -0.255. The predicted molar refractivity (Wildman–Crippen MR) is 81.2 cm³/mol. The van der Waals surface area contributed by atoms with Crippen LogP contribution in [-0.2, 0) is 4.79 Å². The van der Waals surface area contributed by atoms with Crippen LogP contribution in [-0.4, -0.2) is 17.8 Å². The molecule has 0 aliphatic heterocycles. The molecule has 0 atom stereocenters. The van der Waals surface area contributed by atoms with Gasteiger partial charge in [0.2, 0.25) is 0 Å². The highest BCUT2D eigenvalue weighted by Crippen LogP contribution is 2.20. The molecule has 2 rings (SSSR count). The van der Waals surface area contributed by atoms with E-state index in [-0.39, 0.29) is 5.56 Å². The fourth-order valence-electron chi connectivity index (χ4n) is 2.03. The quantitative estimate of drug-likeness (QED) is 0.682. The Morgan fingerprint density at radius 2 is 1.70 bits per heavy atom. The van der Waals surface area contributed by atoms with Gasteiger partial charge >= 0.3 is 5.97 Å². The van der Waals surface area contributed by atoms with Crippen LogP contribution in [0.15, 0.2) is 42.5 Å². The van der Waals surface area contributed by atoms with Gasteiger partial charge in [-0.05, 0) is 42.8 Å². The van der Waals surface area contributed by atoms with E-state index in [4.69, 9.17) is 4.74 Å². The Kier molecular flexibility index (Phi) is 4.75. The molecule has 0 aromatic heterocycles. The highest BCUT2D eigenvalue weighted by molar-refractivity contribution is 6.05. The Bertz CT molecular complexity index is 765. The highest BCUT2D eigenvalue weighted by atomic mass is 16.5. The van der Waals surface area contributed by atoms with Gasteiger partial charge in [0.05, 0.1) is 5.97 Å². The van der Waals surface area contributed by atoms with Crippen LogP contribution in [0.5, 0.6) is 5.75 Å². The molecule has 2 aromatic carbocycles. The van der Waals surface area contributed by atoms with E-state index in [1.54, 1.807) is 13.0 Å². The third-order valence-electron chi connectivity index (χ3n) is 3.18. The van der Waals surface area contributed by atoms with Crippen molar-refractivity contribution in [3.63, 3.8) is 0 Å². The fourth-order valence-corrected chi connectivity index (χ4v) is 2.03. The second-order valence-corrected chi connectivity index (χ2v) is 4.84. The monoisotopic (exact) mass is 312 g/mol. The van der Waals surface area contributed by atoms with Gasteiger partial charge in [0.15, 0.2) is 0 Å². The van der Waals surface area contributed by atoms with Crippen LogP contribution in [0.2, 0.25) is 0 Å². The van der Waals surface area contributed by atoms with Crippen LogP contribution >= 0.6 is 0 Å². The average Bonchev–Trinajstić information content (AvgIpc) is 2.49. The van der Waals surface area contributed by atoms with E-state index in [1.165, 1.54) is 43.3 Å². The summed E-state index contributed by atoms with van der Waals surface area (Å²) in [4.78, 5) is 34.0. The molecule has 1 amide bonds. The molecule has 2 aromatic rings. The number of aromatic carboxylic acids is 1. The Morgan fingerprint density at radius 3 is 2.26 bits per heavy atom. The van der Waals surface area contributed by atoms with Gasteiger partial charge in [-0.1, -0.05) is 12.1 Å². The largest absolute Gasteiger partial charge is 0.545 e. The van der Waals surface area contributed by atoms with Crippen LogP contribution in [0.3, 0.4) is 0 Å². The Morgan fingerprint density at radius 1 is 1.04 bits per heavy atom. The zero-order valence-electron chi connectivity index (χ0n) is 12.6. The molecule has 6 heteroatoms. The Balaban J connectivity index is 2.18. The zero-order chi connectivity index (χ0) is 17.0. The normalized spacial score (nSPS) is 10.0. The topological polar surface area (TPSA) is 95.5 Å². The second-order valence-electron chi connectivity index (χ2n) is 4.84. The lowest BCUT2D eigenvalue weighted by atomic mass is 10.1. The van der Waals surface area contributed by atoms with E-state index < -0.39 is 17.8 Å². The van der Waals surface area contributed by atoms with Crippen LogP contribution in [0.25, 0.3) is 0 Å². The lowest BCUT2D eigenvalue weighted by Gasteiger charge is -2.13. The number of carboxylic acids is 1. The predicted octanol–water partition coefficient (Wildman–Crippen LogP) is 1.54. The van der Waals surface area contributed by atoms with Gasteiger partial charge < -0.3 is 20.0 Å². The number of ether oxygens (including phenoxy) is 1. The summed E-state index contributed by atoms with van der Waals surface area (Å²) in [6.45, 7) is 2.87. The number of hydrogen-bond acceptors (Lipinski definition) is 5. The number of benzene rings is 2. The minimum absolute atomic E-state index is 0.0213. The first-order valence-corrected chi connectivity index (χ1v) is 6.79. The summed E-state index contributed by atoms with van der Waals surface area (Å²) in [5, 5.41) is 13.6. The molecule has 0 fully saturated rings. The molecule has 0 spiro atoms. The van der Waals surface area contributed by atoms with E-state index >= 15 is 0 Å². The van der Waals surface area contributed by atoms with Crippen molar-refractivity contribution < 1.29 is 24.2 Å². The molecular formula is C17H14NO5-. The number of amides is 1. The molecule has 23 heavy (non-hydrogen) atoms. The van der Waals surface area contributed by atoms with Gasteiger partial charge in [-0.25, -0.2) is 0 Å². The number of hydrogen-bond donors (Lipinski definition) is 1. The Hall–Kier alpha value is -3.15. The summed E-state index contributed by atoms with van der Waals surface area (Å²) in [6, 6.07) is 10.6. The molecule has 0 aliphatic rings. The van der Waals surface area contributed by atoms with Gasteiger partial charge in [-0.15, -0.1) is 0 Å². The SMILES string of the molecule is CC(=O)Oc1ccc(C(=O)Nc2cccc(C(=O)[O-])c2C)cc1. The first-order valence-electron chi connectivity index (χ1n) is 6.79. The fraction of sp³-hybridized carbons (Fsp3) is 0.118. The summed E-state index contributed by atoms with van der Waals surface area (Å²) in [5.41, 5.74) is 1.17. The minimum atomic E-state index is -1.30. The maximum Gasteiger partial charge on any atom is 0.308 e. The van der Waals surface area contributed by atoms with Crippen molar-refractivity contribution in [3.8, 4) is 5.75 Å². The van der Waals surface area contributed by atoms with Crippen LogP contribution in [0, 0.1) is 6.92 Å². The van der Waals surface area contributed by atoms with Gasteiger partial charge in [0.25, 0.3) is 5.91 Å². The van der Waals surface area contributed by atoms with Crippen molar-refractivity contribution in [3.05, 3.63) is 59.2 Å². The summed E-state index contributed by atoms with van der Waals surface area (Å²) < 4.78 is 4.89. The lowest BCUT2D eigenvalue weighted by Crippen LogP contribution is -2.24. The number of carboxylic acid groups (broad SMARTS) is 1. The molecule has 0 unspecified atom stereocenters. The van der Waals surface area contributed by atoms with Gasteiger partial charge in [-0.3, -0.25) is 9.59 Å². The first-order chi connectivity index (χ1) is 10.9. The third kappa shape index (κ3) is 3.94. The zero-order valence-corrected chi connectivity index (χ0v) is 12.6. The molecule has 0 saturated carbocycles. The minimum Gasteiger partial charge on any atom is -0.545 e. The maximum atomic E-state index is 12.2. The van der Waals surface area contributed by atoms with E-state index in [9.17, 15) is 19.5 Å². The second kappa shape index (κ2) is 6.74. The van der Waals surface area contributed by atoms with E-state index in [1.807, 2.05) is 0 Å². The van der Waals surface area contributed by atoms with E-state index in [0.29, 0.717) is 22.6 Å². The van der Waals surface area contributed by atoms with Crippen molar-refractivity contribution >= 4 is 23.5 Å². The molecule has 0 radical (unpaired) electrons. The number of carbonyl (C=O) groups is 3. The maximum absolute atomic E-state index is 12.2. The molecule has 1 N–H and O–H groups in total. The van der Waals surface area contributed by atoms with Crippen LogP contribution in [0.1, 0.15) is 33.2 Å². The summed E-state index contributed by atoms with van der Waals surface area (Å²) in [7, 11) is 0. The number of esters is 1. The summed E-state index contributed by atoms with van der Waals surface area (Å²) in [6.07, 6.45) is 0. The van der Waals surface area contributed by atoms with Gasteiger partial charge in [0.1, 0.15) is 5.75 Å². The van der Waals surface area contributed by atoms with Crippen molar-refractivity contribution in [1.29, 1.82) is 0 Å². The van der Waals surface area contributed by atoms with Crippen molar-refractivity contribution in [2.75, 3.05) is 5.32 Å². The van der Waals surface area contributed by atoms with Crippen molar-refractivity contribution in [2.24, 2.45) is 0 Å². The van der Waals surface area contributed by atoms with E-state index in [2.05, 4.69) is 5.32 Å². The number of nitrogens with one attached hydrogen (secondary N) is 1. The molecular weight excluding hydrogens is 298 g/mol. The third-order valence-corrected chi connectivity index (χ3v) is 3.18. The van der Waals surface area contributed by atoms with E-state index in [0.717, 1.165) is 0 Å². The number of rotatable bonds is 4.